The summed E-state index contributed by atoms with van der Waals surface area (Å²) in [5, 5.41) is 0. The molecule has 0 heterocycles. The molecule has 0 radical (unpaired) electrons. The number of ether oxygens (including phenoxy) is 2. The van der Waals surface area contributed by atoms with Gasteiger partial charge in [0.15, 0.2) is 11.5 Å². The molecule has 0 N–H and O–H groups in total. The Balaban J connectivity index is 5.13. The van der Waals surface area contributed by atoms with Crippen molar-refractivity contribution in [1.29, 1.82) is 0 Å². The molecule has 0 aromatic carbocycles. The van der Waals surface area contributed by atoms with Crippen LogP contribution in [0.25, 0.3) is 0 Å². The van der Waals surface area contributed by atoms with Crippen molar-refractivity contribution in [2.75, 3.05) is 14.2 Å². The Labute approximate surface area is 91.8 Å². The van der Waals surface area contributed by atoms with Crippen LogP contribution >= 0.6 is 0 Å². The Kier molecular flexibility index (Phi) is 6.50. The summed E-state index contributed by atoms with van der Waals surface area (Å²) in [5.74, 6) is 1.45. The molecule has 3 nitrogen and oxygen atoms in total. The summed E-state index contributed by atoms with van der Waals surface area (Å²) >= 11 is 0. The normalized spacial score (nSPS) is 13.3. The number of Topliss-reactive ketones (excluding diaryl/α,β-unsaturated/α-hetero) is 1. The smallest absolute Gasteiger partial charge is 0.156 e. The summed E-state index contributed by atoms with van der Waals surface area (Å²) in [6.07, 6.45) is 3.19. The molecule has 15 heavy (non-hydrogen) atoms. The second kappa shape index (κ2) is 7.10. The fourth-order valence-corrected chi connectivity index (χ4v) is 1.28. The van der Waals surface area contributed by atoms with Gasteiger partial charge < -0.3 is 9.47 Å². The predicted molar refractivity (Wildman–Crippen MR) is 60.4 cm³/mol. The third-order valence-corrected chi connectivity index (χ3v) is 2.20. The summed E-state index contributed by atoms with van der Waals surface area (Å²) in [5.41, 5.74) is 0.745. The van der Waals surface area contributed by atoms with Crippen molar-refractivity contribution < 1.29 is 14.3 Å². The molecule has 0 unspecified atom stereocenters. The quantitative estimate of drug-likeness (QED) is 0.386. The maximum Gasteiger partial charge on any atom is 0.156 e. The van der Waals surface area contributed by atoms with Crippen LogP contribution < -0.4 is 0 Å². The van der Waals surface area contributed by atoms with Gasteiger partial charge in [-0.1, -0.05) is 13.8 Å². The second-order valence-corrected chi connectivity index (χ2v) is 3.13. The Morgan fingerprint density at radius 2 is 1.73 bits per heavy atom. The highest BCUT2D eigenvalue weighted by molar-refractivity contribution is 5.93. The number of hydrogen-bond acceptors (Lipinski definition) is 3. The first-order valence-corrected chi connectivity index (χ1v) is 5.13. The van der Waals surface area contributed by atoms with Gasteiger partial charge in [-0.15, -0.1) is 0 Å². The first kappa shape index (κ1) is 13.8. The molecule has 3 heteroatoms. The van der Waals surface area contributed by atoms with Crippen LogP contribution in [0.15, 0.2) is 23.2 Å². The number of rotatable bonds is 6. The molecule has 0 aliphatic carbocycles. The lowest BCUT2D eigenvalue weighted by atomic mass is 10.1. The first-order chi connectivity index (χ1) is 7.10. The van der Waals surface area contributed by atoms with E-state index in [0.29, 0.717) is 12.2 Å². The third-order valence-electron chi connectivity index (χ3n) is 2.20. The van der Waals surface area contributed by atoms with Gasteiger partial charge in [-0.3, -0.25) is 4.79 Å². The molecule has 0 atom stereocenters. The standard InChI is InChI=1S/C12H20O3/c1-6-10(9(3)13)8-12(15-5)11(7-2)14-4/h8H,6-7H2,1-5H3/b10-8+,12-11-. The maximum absolute atomic E-state index is 11.2. The Morgan fingerprint density at radius 1 is 1.13 bits per heavy atom. The van der Waals surface area contributed by atoms with Gasteiger partial charge in [-0.25, -0.2) is 0 Å². The van der Waals surface area contributed by atoms with Crippen LogP contribution in [0.2, 0.25) is 0 Å². The van der Waals surface area contributed by atoms with Gasteiger partial charge in [0.25, 0.3) is 0 Å². The summed E-state index contributed by atoms with van der Waals surface area (Å²) in [6.45, 7) is 5.48. The zero-order valence-electron chi connectivity index (χ0n) is 10.2. The van der Waals surface area contributed by atoms with Gasteiger partial charge >= 0.3 is 0 Å². The molecule has 0 aromatic heterocycles. The van der Waals surface area contributed by atoms with Gasteiger partial charge in [-0.05, 0) is 25.0 Å². The summed E-state index contributed by atoms with van der Waals surface area (Å²) in [7, 11) is 3.18. The Morgan fingerprint density at radius 3 is 2.00 bits per heavy atom. The number of methoxy groups -OCH3 is 2. The first-order valence-electron chi connectivity index (χ1n) is 5.13. The summed E-state index contributed by atoms with van der Waals surface area (Å²) < 4.78 is 10.4. The molecule has 0 saturated heterocycles. The zero-order chi connectivity index (χ0) is 11.8. The highest BCUT2D eigenvalue weighted by Crippen LogP contribution is 2.15. The summed E-state index contributed by atoms with van der Waals surface area (Å²) in [6, 6.07) is 0. The second-order valence-electron chi connectivity index (χ2n) is 3.13. The van der Waals surface area contributed by atoms with Gasteiger partial charge in [0, 0.05) is 6.42 Å². The van der Waals surface area contributed by atoms with E-state index in [2.05, 4.69) is 0 Å². The van der Waals surface area contributed by atoms with Crippen molar-refractivity contribution in [1.82, 2.24) is 0 Å². The lowest BCUT2D eigenvalue weighted by Crippen LogP contribution is -2.00. The minimum Gasteiger partial charge on any atom is -0.497 e. The van der Waals surface area contributed by atoms with Crippen LogP contribution in [0.1, 0.15) is 33.6 Å². The van der Waals surface area contributed by atoms with Gasteiger partial charge in [-0.2, -0.15) is 0 Å². The predicted octanol–water partition coefficient (Wildman–Crippen LogP) is 2.83. The van der Waals surface area contributed by atoms with Crippen molar-refractivity contribution in [3.05, 3.63) is 23.2 Å². The molecule has 0 aliphatic heterocycles. The number of carbonyl (C=O) groups is 1. The van der Waals surface area contributed by atoms with Crippen LogP contribution in [-0.4, -0.2) is 20.0 Å². The minimum absolute atomic E-state index is 0.0682. The summed E-state index contributed by atoms with van der Waals surface area (Å²) in [4.78, 5) is 11.2. The third kappa shape index (κ3) is 4.19. The SMILES string of the molecule is CC/C(OC)=C(\C=C(/CC)C(C)=O)OC. The molecule has 0 aromatic rings. The van der Waals surface area contributed by atoms with E-state index in [1.165, 1.54) is 0 Å². The topological polar surface area (TPSA) is 35.5 Å². The Hall–Kier alpha value is -1.25. The fourth-order valence-electron chi connectivity index (χ4n) is 1.28. The maximum atomic E-state index is 11.2. The van der Waals surface area contributed by atoms with Crippen molar-refractivity contribution in [2.45, 2.75) is 33.6 Å². The highest BCUT2D eigenvalue weighted by atomic mass is 16.5. The number of hydrogen-bond donors (Lipinski definition) is 0. The number of allylic oxidation sites excluding steroid dienone is 3. The molecule has 0 rings (SSSR count). The average Bonchev–Trinajstić information content (AvgIpc) is 2.23. The van der Waals surface area contributed by atoms with Crippen LogP contribution in [0.5, 0.6) is 0 Å². The van der Waals surface area contributed by atoms with Crippen LogP contribution in [-0.2, 0) is 14.3 Å². The van der Waals surface area contributed by atoms with E-state index >= 15 is 0 Å². The molecule has 0 fully saturated rings. The average molecular weight is 212 g/mol. The van der Waals surface area contributed by atoms with Gasteiger partial charge in [0.05, 0.1) is 14.2 Å². The van der Waals surface area contributed by atoms with Gasteiger partial charge in [0.1, 0.15) is 5.76 Å². The van der Waals surface area contributed by atoms with E-state index in [9.17, 15) is 4.79 Å². The van der Waals surface area contributed by atoms with Crippen molar-refractivity contribution in [2.24, 2.45) is 0 Å². The van der Waals surface area contributed by atoms with Crippen molar-refractivity contribution in [3.8, 4) is 0 Å². The molecule has 0 saturated carbocycles. The number of ketones is 1. The van der Waals surface area contributed by atoms with E-state index < -0.39 is 0 Å². The van der Waals surface area contributed by atoms with E-state index in [1.54, 1.807) is 27.2 Å². The number of carbonyl (C=O) groups excluding carboxylic acids is 1. The monoisotopic (exact) mass is 212 g/mol. The molecule has 0 amide bonds. The zero-order valence-corrected chi connectivity index (χ0v) is 10.2. The van der Waals surface area contributed by atoms with E-state index in [1.807, 2.05) is 13.8 Å². The van der Waals surface area contributed by atoms with Crippen LogP contribution in [0.3, 0.4) is 0 Å². The highest BCUT2D eigenvalue weighted by Gasteiger charge is 2.07. The lowest BCUT2D eigenvalue weighted by Gasteiger charge is -2.09. The molecular formula is C12H20O3. The lowest BCUT2D eigenvalue weighted by molar-refractivity contribution is -0.113. The van der Waals surface area contributed by atoms with E-state index in [4.69, 9.17) is 9.47 Å². The molecule has 0 aliphatic rings. The molecular weight excluding hydrogens is 192 g/mol. The molecule has 86 valence electrons. The van der Waals surface area contributed by atoms with Crippen molar-refractivity contribution in [3.63, 3.8) is 0 Å². The van der Waals surface area contributed by atoms with Crippen LogP contribution in [0.4, 0.5) is 0 Å². The van der Waals surface area contributed by atoms with Crippen LogP contribution in [0, 0.1) is 0 Å². The largest absolute Gasteiger partial charge is 0.497 e. The van der Waals surface area contributed by atoms with Gasteiger partial charge in [0.2, 0.25) is 0 Å². The van der Waals surface area contributed by atoms with Crippen molar-refractivity contribution >= 4 is 5.78 Å². The molecule has 0 spiro atoms. The van der Waals surface area contributed by atoms with E-state index in [-0.39, 0.29) is 5.78 Å². The minimum atomic E-state index is 0.0682. The molecule has 0 bridgehead atoms. The Bertz CT molecular complexity index is 266. The fraction of sp³-hybridized carbons (Fsp3) is 0.583. The van der Waals surface area contributed by atoms with E-state index in [0.717, 1.165) is 17.8 Å².